The number of aromatic nitrogens is 2. The molecule has 1 fully saturated rings. The number of carbonyl (C=O) groups excluding carboxylic acids is 1. The Hall–Kier alpha value is -2.50. The third-order valence-corrected chi connectivity index (χ3v) is 6.19. The molecule has 162 valence electrons. The summed E-state index contributed by atoms with van der Waals surface area (Å²) < 4.78 is 20.6. The van der Waals surface area contributed by atoms with Gasteiger partial charge in [-0.25, -0.2) is 0 Å². The molecule has 7 nitrogen and oxygen atoms in total. The Kier molecular flexibility index (Phi) is 7.49. The first kappa shape index (κ1) is 21.7. The zero-order chi connectivity index (χ0) is 21.5. The predicted octanol–water partition coefficient (Wildman–Crippen LogP) is 2.79. The molecule has 1 amide bonds. The van der Waals surface area contributed by atoms with Gasteiger partial charge in [0, 0.05) is 6.42 Å². The normalized spacial score (nSPS) is 19.9. The van der Waals surface area contributed by atoms with Gasteiger partial charge in [0.2, 0.25) is 0 Å². The summed E-state index contributed by atoms with van der Waals surface area (Å²) in [6.45, 7) is 2.69. The van der Waals surface area contributed by atoms with Crippen LogP contribution in [0.5, 0.6) is 11.5 Å². The summed E-state index contributed by atoms with van der Waals surface area (Å²) >= 11 is 1.34. The summed E-state index contributed by atoms with van der Waals surface area (Å²) in [6.07, 6.45) is 13.9. The molecule has 0 radical (unpaired) electrons. The summed E-state index contributed by atoms with van der Waals surface area (Å²) in [5, 5.41) is 2.82. The van der Waals surface area contributed by atoms with Crippen LogP contribution in [0.1, 0.15) is 35.4 Å². The van der Waals surface area contributed by atoms with E-state index in [0.717, 1.165) is 35.5 Å². The van der Waals surface area contributed by atoms with Crippen LogP contribution < -0.4 is 14.8 Å². The summed E-state index contributed by atoms with van der Waals surface area (Å²) in [7, 11) is 0. The molecule has 0 spiro atoms. The Morgan fingerprint density at radius 1 is 1.23 bits per heavy atom. The van der Waals surface area contributed by atoms with Gasteiger partial charge in [0.05, 0.1) is 13.2 Å². The summed E-state index contributed by atoms with van der Waals surface area (Å²) in [4.78, 5) is 17.3. The Morgan fingerprint density at radius 3 is 3.03 bits per heavy atom. The second-order valence-electron chi connectivity index (χ2n) is 7.32. The first-order valence-corrected chi connectivity index (χ1v) is 11.9. The van der Waals surface area contributed by atoms with Gasteiger partial charge in [-0.05, 0) is 0 Å². The minimum absolute atomic E-state index is 0.0212. The molecular weight excluding hydrogens is 566 g/mol. The number of hydrogen-bond donors (Lipinski definition) is 1. The van der Waals surface area contributed by atoms with Gasteiger partial charge in [0.25, 0.3) is 0 Å². The molecule has 1 N–H and O–H groups in total. The van der Waals surface area contributed by atoms with Crippen molar-refractivity contribution >= 4 is 9.81 Å². The number of nitrogens with one attached hydrogen (secondary N) is 1. The van der Waals surface area contributed by atoms with Crippen molar-refractivity contribution in [3.8, 4) is 11.5 Å². The number of benzene rings is 1. The maximum atomic E-state index is 12.8. The van der Waals surface area contributed by atoms with E-state index >= 15 is 0 Å². The van der Waals surface area contributed by atoms with Crippen molar-refractivity contribution in [2.75, 3.05) is 19.8 Å². The molecule has 1 aromatic heterocycles. The van der Waals surface area contributed by atoms with Crippen molar-refractivity contribution in [3.63, 3.8) is 0 Å². The van der Waals surface area contributed by atoms with Crippen molar-refractivity contribution < 1.29 is 38.4 Å². The van der Waals surface area contributed by atoms with Crippen LogP contribution in [0.4, 0.5) is 0 Å². The summed E-state index contributed by atoms with van der Waals surface area (Å²) in [6, 6.07) is 5.40. The molecule has 2 aliphatic heterocycles. The van der Waals surface area contributed by atoms with Crippen molar-refractivity contribution in [2.24, 2.45) is 0 Å². The van der Waals surface area contributed by atoms with Crippen LogP contribution in [-0.2, 0) is 30.6 Å². The van der Waals surface area contributed by atoms with Gasteiger partial charge in [0.15, 0.2) is 0 Å². The molecule has 0 bridgehead atoms. The molecule has 0 aliphatic carbocycles. The van der Waals surface area contributed by atoms with E-state index in [0.29, 0.717) is 36.9 Å². The Labute approximate surface area is 192 Å². The average Bonchev–Trinajstić information content (AvgIpc) is 3.45. The number of nitrogens with zero attached hydrogens (tertiary/aromatic N) is 2. The number of imidazole rings is 1. The summed E-state index contributed by atoms with van der Waals surface area (Å²) in [5.74, 6) is 1.95. The van der Waals surface area contributed by atoms with Crippen LogP contribution in [0.15, 0.2) is 55.0 Å². The van der Waals surface area contributed by atoms with E-state index in [1.807, 2.05) is 36.7 Å². The van der Waals surface area contributed by atoms with Gasteiger partial charge in [-0.15, -0.1) is 0 Å². The predicted molar refractivity (Wildman–Crippen MR) is 113 cm³/mol. The molecule has 8 heteroatoms. The van der Waals surface area contributed by atoms with E-state index in [9.17, 15) is 4.79 Å². The fraction of sp³-hybridized carbons (Fsp3) is 0.348. The van der Waals surface area contributed by atoms with E-state index in [1.54, 1.807) is 18.3 Å². The van der Waals surface area contributed by atoms with Gasteiger partial charge in [-0.2, -0.15) is 0 Å². The summed E-state index contributed by atoms with van der Waals surface area (Å²) in [5.41, 5.74) is 0.459. The molecular formula is C23H25N3O4W. The zero-order valence-corrected chi connectivity index (χ0v) is 20.1. The van der Waals surface area contributed by atoms with Gasteiger partial charge < -0.3 is 4.74 Å². The van der Waals surface area contributed by atoms with Gasteiger partial charge >= 0.3 is 168 Å². The van der Waals surface area contributed by atoms with E-state index in [-0.39, 0.29) is 12.0 Å². The number of ether oxygens (including phenoxy) is 3. The Bertz CT molecular complexity index is 992. The van der Waals surface area contributed by atoms with Gasteiger partial charge in [0.1, 0.15) is 0 Å². The van der Waals surface area contributed by atoms with Crippen LogP contribution in [-0.4, -0.2) is 45.3 Å². The molecule has 1 saturated heterocycles. The minimum atomic E-state index is -0.235. The number of carbonyl (C=O) groups is 1. The Morgan fingerprint density at radius 2 is 2.16 bits per heavy atom. The first-order chi connectivity index (χ1) is 15.2. The fourth-order valence-corrected chi connectivity index (χ4v) is 4.33. The zero-order valence-electron chi connectivity index (χ0n) is 17.2. The molecule has 0 saturated carbocycles. The maximum absolute atomic E-state index is 12.8. The van der Waals surface area contributed by atoms with Gasteiger partial charge in [-0.3, -0.25) is 0 Å². The van der Waals surface area contributed by atoms with Crippen molar-refractivity contribution in [3.05, 3.63) is 66.4 Å². The number of hydrogen-bond acceptors (Lipinski definition) is 5. The number of allylic oxidation sites excluding steroid dienone is 3. The third kappa shape index (κ3) is 5.80. The SMILES string of the molecule is O=C1NC=CC=C[C](=[W])c2nccn2CCCCOc2ccc(OC3CCOC3)cc21. The standard InChI is InChI=1S/C23H25N3O4.W/c27-23-20-16-18(30-19-9-15-28-17-19)7-8-21(20)29-14-5-4-12-26-13-11-24-22(26)6-2-1-3-10-25-23;/h1-3,7-8,10-11,13,16,19H,4-5,9,12,14-15,17H2,(H,25,27);. The fourth-order valence-electron chi connectivity index (χ4n) is 3.44. The van der Waals surface area contributed by atoms with Gasteiger partial charge in [-0.1, -0.05) is 0 Å². The molecule has 2 aliphatic rings. The number of amides is 1. The van der Waals surface area contributed by atoms with Crippen LogP contribution in [0.25, 0.3) is 0 Å². The van der Waals surface area contributed by atoms with Crippen LogP contribution >= 0.6 is 0 Å². The van der Waals surface area contributed by atoms with Crippen LogP contribution in [0.2, 0.25) is 0 Å². The molecule has 3 heterocycles. The van der Waals surface area contributed by atoms with Crippen molar-refractivity contribution in [1.29, 1.82) is 0 Å². The molecule has 1 atom stereocenters. The molecule has 2 aromatic rings. The molecule has 31 heavy (non-hydrogen) atoms. The van der Waals surface area contributed by atoms with E-state index in [4.69, 9.17) is 14.2 Å². The third-order valence-electron chi connectivity index (χ3n) is 5.04. The number of fused-ring (bicyclic) bond motifs is 2. The van der Waals surface area contributed by atoms with E-state index in [1.165, 1.54) is 19.4 Å². The van der Waals surface area contributed by atoms with Crippen LogP contribution in [0, 0.1) is 0 Å². The first-order valence-electron chi connectivity index (χ1n) is 10.4. The van der Waals surface area contributed by atoms with Crippen molar-refractivity contribution in [2.45, 2.75) is 31.9 Å². The topological polar surface area (TPSA) is 74.6 Å². The number of aryl methyl sites for hydroxylation is 1. The molecule has 1 unspecified atom stereocenters. The second kappa shape index (κ2) is 10.7. The van der Waals surface area contributed by atoms with E-state index in [2.05, 4.69) is 14.9 Å². The van der Waals surface area contributed by atoms with Crippen LogP contribution in [0.3, 0.4) is 0 Å². The van der Waals surface area contributed by atoms with Crippen molar-refractivity contribution in [1.82, 2.24) is 14.9 Å². The molecule has 4 rings (SSSR count). The quantitative estimate of drug-likeness (QED) is 0.582. The van der Waals surface area contributed by atoms with E-state index < -0.39 is 0 Å². The average molecular weight is 591 g/mol. The Balaban J connectivity index is 1.52. The monoisotopic (exact) mass is 591 g/mol. The number of rotatable bonds is 2. The molecule has 1 aromatic carbocycles. The second-order valence-corrected chi connectivity index (χ2v) is 8.90.